The number of benzene rings is 1. The minimum Gasteiger partial charge on any atom is -0.347 e. The number of hydrogen-bond donors (Lipinski definition) is 2. The second kappa shape index (κ2) is 6.86. The Kier molecular flexibility index (Phi) is 4.89. The predicted octanol–water partition coefficient (Wildman–Crippen LogP) is 1.89. The van der Waals surface area contributed by atoms with Gasteiger partial charge >= 0.3 is 6.03 Å². The number of halogens is 2. The molecule has 0 unspecified atom stereocenters. The van der Waals surface area contributed by atoms with Crippen molar-refractivity contribution in [2.24, 2.45) is 0 Å². The molecule has 0 bridgehead atoms. The lowest BCUT2D eigenvalue weighted by molar-refractivity contribution is -0.129. The maximum absolute atomic E-state index is 13.4. The summed E-state index contributed by atoms with van der Waals surface area (Å²) in [6.45, 7) is 0.0226. The van der Waals surface area contributed by atoms with Crippen molar-refractivity contribution in [3.05, 3.63) is 42.2 Å². The summed E-state index contributed by atoms with van der Waals surface area (Å²) in [5.41, 5.74) is 0.0311. The average molecular weight is 323 g/mol. The van der Waals surface area contributed by atoms with Crippen LogP contribution in [-0.2, 0) is 11.3 Å². The minimum absolute atomic E-state index is 0.0226. The molecule has 0 aliphatic heterocycles. The molecule has 2 aromatic rings. The molecule has 0 saturated heterocycles. The molecule has 1 heterocycles. The molecule has 1 aromatic carbocycles. The fraction of sp³-hybridized carbons (Fsp3) is 0.214. The zero-order chi connectivity index (χ0) is 17.0. The van der Waals surface area contributed by atoms with Gasteiger partial charge < -0.3 is 15.5 Å². The van der Waals surface area contributed by atoms with Crippen LogP contribution in [0.1, 0.15) is 0 Å². The first kappa shape index (κ1) is 16.4. The Hall–Kier alpha value is -2.97. The number of nitrogens with one attached hydrogen (secondary N) is 2. The van der Waals surface area contributed by atoms with Crippen LogP contribution in [0, 0.1) is 11.6 Å². The summed E-state index contributed by atoms with van der Waals surface area (Å²) in [7, 11) is 3.23. The zero-order valence-electron chi connectivity index (χ0n) is 12.5. The number of rotatable bonds is 4. The van der Waals surface area contributed by atoms with Crippen molar-refractivity contribution in [3.8, 4) is 0 Å². The van der Waals surface area contributed by atoms with Crippen LogP contribution in [0.15, 0.2) is 30.6 Å². The predicted molar refractivity (Wildman–Crippen MR) is 79.9 cm³/mol. The van der Waals surface area contributed by atoms with E-state index in [0.717, 1.165) is 6.07 Å². The molecule has 23 heavy (non-hydrogen) atoms. The summed E-state index contributed by atoms with van der Waals surface area (Å²) in [5.74, 6) is -2.36. The summed E-state index contributed by atoms with van der Waals surface area (Å²) >= 11 is 0. The first-order valence-electron chi connectivity index (χ1n) is 6.61. The van der Waals surface area contributed by atoms with E-state index in [2.05, 4.69) is 15.7 Å². The first-order valence-corrected chi connectivity index (χ1v) is 6.61. The number of anilines is 2. The molecule has 0 aliphatic carbocycles. The number of hydrogen-bond acceptors (Lipinski definition) is 3. The highest BCUT2D eigenvalue weighted by atomic mass is 19.2. The van der Waals surface area contributed by atoms with E-state index in [1.165, 1.54) is 34.1 Å². The smallest absolute Gasteiger partial charge is 0.323 e. The van der Waals surface area contributed by atoms with E-state index in [-0.39, 0.29) is 18.1 Å². The first-order chi connectivity index (χ1) is 10.9. The third-order valence-corrected chi connectivity index (χ3v) is 2.89. The summed E-state index contributed by atoms with van der Waals surface area (Å²) in [6, 6.07) is 2.70. The van der Waals surface area contributed by atoms with Crippen molar-refractivity contribution < 1.29 is 18.4 Å². The molecule has 2 N–H and O–H groups in total. The molecule has 2 rings (SSSR count). The number of urea groups is 1. The highest BCUT2D eigenvalue weighted by molar-refractivity contribution is 5.99. The van der Waals surface area contributed by atoms with E-state index < -0.39 is 17.7 Å². The lowest BCUT2D eigenvalue weighted by Crippen LogP contribution is -2.26. The van der Waals surface area contributed by atoms with E-state index in [4.69, 9.17) is 0 Å². The fourth-order valence-electron chi connectivity index (χ4n) is 1.68. The number of aromatic nitrogens is 2. The van der Waals surface area contributed by atoms with Crippen LogP contribution in [-0.4, -0.2) is 40.7 Å². The Labute approximate surface area is 130 Å². The number of amides is 3. The van der Waals surface area contributed by atoms with Crippen LogP contribution >= 0.6 is 0 Å². The van der Waals surface area contributed by atoms with Gasteiger partial charge in [-0.1, -0.05) is 6.07 Å². The van der Waals surface area contributed by atoms with E-state index in [1.54, 1.807) is 14.1 Å². The van der Waals surface area contributed by atoms with Crippen LogP contribution in [0.25, 0.3) is 0 Å². The summed E-state index contributed by atoms with van der Waals surface area (Å²) in [5, 5.41) is 8.53. The van der Waals surface area contributed by atoms with E-state index >= 15 is 0 Å². The Morgan fingerprint density at radius 2 is 2.00 bits per heavy atom. The van der Waals surface area contributed by atoms with Gasteiger partial charge in [-0.25, -0.2) is 13.6 Å². The second-order valence-corrected chi connectivity index (χ2v) is 4.90. The van der Waals surface area contributed by atoms with Gasteiger partial charge in [0.25, 0.3) is 0 Å². The van der Waals surface area contributed by atoms with Crippen molar-refractivity contribution in [2.75, 3.05) is 24.7 Å². The lowest BCUT2D eigenvalue weighted by Gasteiger charge is -2.09. The Morgan fingerprint density at radius 3 is 2.70 bits per heavy atom. The molecule has 3 amide bonds. The molecular weight excluding hydrogens is 308 g/mol. The van der Waals surface area contributed by atoms with Crippen LogP contribution in [0.2, 0.25) is 0 Å². The molecule has 9 heteroatoms. The summed E-state index contributed by atoms with van der Waals surface area (Å²) < 4.78 is 27.8. The minimum atomic E-state index is -1.14. The number of likely N-dealkylation sites (N-methyl/N-ethyl adjacent to an activating group) is 1. The monoisotopic (exact) mass is 323 g/mol. The Bertz CT molecular complexity index is 730. The molecular formula is C14H15F2N5O2. The molecule has 0 atom stereocenters. The molecule has 0 fully saturated rings. The van der Waals surface area contributed by atoms with E-state index in [9.17, 15) is 18.4 Å². The topological polar surface area (TPSA) is 79.3 Å². The van der Waals surface area contributed by atoms with Crippen molar-refractivity contribution >= 4 is 23.3 Å². The fourth-order valence-corrected chi connectivity index (χ4v) is 1.68. The van der Waals surface area contributed by atoms with Crippen LogP contribution < -0.4 is 10.6 Å². The second-order valence-electron chi connectivity index (χ2n) is 4.90. The van der Waals surface area contributed by atoms with Crippen molar-refractivity contribution in [1.82, 2.24) is 14.7 Å². The summed E-state index contributed by atoms with van der Waals surface area (Å²) in [6.07, 6.45) is 2.79. The van der Waals surface area contributed by atoms with E-state index in [1.807, 2.05) is 0 Å². The molecule has 1 aromatic heterocycles. The maximum Gasteiger partial charge on any atom is 0.323 e. The Morgan fingerprint density at radius 1 is 1.26 bits per heavy atom. The molecule has 0 radical (unpaired) electrons. The van der Waals surface area contributed by atoms with Crippen molar-refractivity contribution in [1.29, 1.82) is 0 Å². The van der Waals surface area contributed by atoms with Gasteiger partial charge in [0.1, 0.15) is 6.54 Å². The summed E-state index contributed by atoms with van der Waals surface area (Å²) in [4.78, 5) is 24.7. The van der Waals surface area contributed by atoms with Gasteiger partial charge in [-0.2, -0.15) is 5.10 Å². The number of carbonyl (C=O) groups is 2. The molecule has 7 nitrogen and oxygen atoms in total. The number of nitrogens with zero attached hydrogens (tertiary/aromatic N) is 3. The maximum atomic E-state index is 13.4. The molecule has 0 saturated carbocycles. The van der Waals surface area contributed by atoms with Gasteiger partial charge in [-0.3, -0.25) is 9.48 Å². The van der Waals surface area contributed by atoms with Crippen molar-refractivity contribution in [2.45, 2.75) is 6.54 Å². The van der Waals surface area contributed by atoms with Crippen LogP contribution in [0.5, 0.6) is 0 Å². The Balaban J connectivity index is 1.97. The highest BCUT2D eigenvalue weighted by Crippen LogP contribution is 2.17. The third kappa shape index (κ3) is 4.25. The zero-order valence-corrected chi connectivity index (χ0v) is 12.5. The standard InChI is InChI=1S/C14H15F2N5O2/c1-20(2)12(22)8-21-7-9(6-17-21)18-14(23)19-11-5-3-4-10(15)13(11)16/h3-7H,8H2,1-2H3,(H2,18,19,23). The van der Waals surface area contributed by atoms with Gasteiger partial charge in [0.2, 0.25) is 5.91 Å². The normalized spacial score (nSPS) is 10.3. The van der Waals surface area contributed by atoms with Crippen LogP contribution in [0.4, 0.5) is 25.0 Å². The largest absolute Gasteiger partial charge is 0.347 e. The SMILES string of the molecule is CN(C)C(=O)Cn1cc(NC(=O)Nc2cccc(F)c2F)cn1. The van der Waals surface area contributed by atoms with Gasteiger partial charge in [-0.05, 0) is 12.1 Å². The van der Waals surface area contributed by atoms with E-state index in [0.29, 0.717) is 5.69 Å². The molecule has 122 valence electrons. The van der Waals surface area contributed by atoms with Crippen molar-refractivity contribution in [3.63, 3.8) is 0 Å². The van der Waals surface area contributed by atoms with Gasteiger partial charge in [0, 0.05) is 20.3 Å². The molecule has 0 aliphatic rings. The van der Waals surface area contributed by atoms with Gasteiger partial charge in [0.15, 0.2) is 11.6 Å². The lowest BCUT2D eigenvalue weighted by atomic mass is 10.3. The van der Waals surface area contributed by atoms with Gasteiger partial charge in [-0.15, -0.1) is 0 Å². The van der Waals surface area contributed by atoms with Crippen LogP contribution in [0.3, 0.4) is 0 Å². The van der Waals surface area contributed by atoms with Gasteiger partial charge in [0.05, 0.1) is 17.6 Å². The average Bonchev–Trinajstić information content (AvgIpc) is 2.90. The highest BCUT2D eigenvalue weighted by Gasteiger charge is 2.12. The number of carbonyl (C=O) groups excluding carboxylic acids is 2. The third-order valence-electron chi connectivity index (χ3n) is 2.89. The quantitative estimate of drug-likeness (QED) is 0.902. The molecule has 0 spiro atoms.